The summed E-state index contributed by atoms with van der Waals surface area (Å²) in [5.74, 6) is -0.566. The molecule has 2 aromatic carbocycles. The third-order valence-corrected chi connectivity index (χ3v) is 4.83. The Hall–Kier alpha value is -2.87. The lowest BCUT2D eigenvalue weighted by molar-refractivity contribution is -0.114. The van der Waals surface area contributed by atoms with Crippen LogP contribution in [0.3, 0.4) is 0 Å². The first kappa shape index (κ1) is 18.5. The van der Waals surface area contributed by atoms with Crippen molar-refractivity contribution in [2.75, 3.05) is 17.1 Å². The van der Waals surface area contributed by atoms with Gasteiger partial charge in [-0.25, -0.2) is 8.42 Å². The molecule has 132 valence electrons. The molecule has 0 saturated carbocycles. The molecule has 0 saturated heterocycles. The second-order valence-corrected chi connectivity index (χ2v) is 7.10. The quantitative estimate of drug-likeness (QED) is 0.758. The van der Waals surface area contributed by atoms with E-state index in [9.17, 15) is 18.0 Å². The Balaban J connectivity index is 2.27. The number of sulfonamides is 1. The van der Waals surface area contributed by atoms with Crippen molar-refractivity contribution in [3.8, 4) is 0 Å². The van der Waals surface area contributed by atoms with Crippen LogP contribution in [0.25, 0.3) is 0 Å². The maximum Gasteiger partial charge on any atom is 0.261 e. The third-order valence-electron chi connectivity index (χ3n) is 3.45. The van der Waals surface area contributed by atoms with E-state index in [4.69, 9.17) is 0 Å². The normalized spacial score (nSPS) is 10.8. The van der Waals surface area contributed by atoms with Gasteiger partial charge >= 0.3 is 0 Å². The molecule has 2 aromatic rings. The minimum Gasteiger partial charge on any atom is -0.355 e. The Labute approximate surface area is 146 Å². The molecular formula is C17H19N3O4S. The van der Waals surface area contributed by atoms with E-state index < -0.39 is 10.0 Å². The highest BCUT2D eigenvalue weighted by Crippen LogP contribution is 2.20. The molecule has 3 N–H and O–H groups in total. The molecule has 0 radical (unpaired) electrons. The zero-order valence-electron chi connectivity index (χ0n) is 14.1. The van der Waals surface area contributed by atoms with Gasteiger partial charge < -0.3 is 10.6 Å². The van der Waals surface area contributed by atoms with Gasteiger partial charge in [-0.2, -0.15) is 0 Å². The highest BCUT2D eigenvalue weighted by Gasteiger charge is 2.17. The highest BCUT2D eigenvalue weighted by atomic mass is 32.2. The molecule has 0 atom stereocenters. The Morgan fingerprint density at radius 1 is 0.960 bits per heavy atom. The molecule has 0 heterocycles. The minimum atomic E-state index is -3.85. The first-order valence-corrected chi connectivity index (χ1v) is 8.94. The van der Waals surface area contributed by atoms with E-state index in [1.54, 1.807) is 25.1 Å². The minimum absolute atomic E-state index is 0.0114. The van der Waals surface area contributed by atoms with E-state index in [1.165, 1.54) is 38.2 Å². The lowest BCUT2D eigenvalue weighted by Crippen LogP contribution is -2.20. The lowest BCUT2D eigenvalue weighted by atomic mass is 10.1. The van der Waals surface area contributed by atoms with Crippen LogP contribution in [0.15, 0.2) is 47.4 Å². The van der Waals surface area contributed by atoms with Crippen LogP contribution in [0.2, 0.25) is 0 Å². The number of benzene rings is 2. The van der Waals surface area contributed by atoms with Gasteiger partial charge in [-0.05, 0) is 48.9 Å². The van der Waals surface area contributed by atoms with Crippen LogP contribution < -0.4 is 15.4 Å². The van der Waals surface area contributed by atoms with Gasteiger partial charge in [-0.15, -0.1) is 0 Å². The number of carbonyl (C=O) groups excluding carboxylic acids is 2. The number of hydrogen-bond donors (Lipinski definition) is 3. The number of nitrogens with one attached hydrogen (secondary N) is 3. The molecule has 0 bridgehead atoms. The molecule has 0 aliphatic rings. The van der Waals surface area contributed by atoms with Crippen molar-refractivity contribution in [2.45, 2.75) is 18.7 Å². The number of hydrogen-bond acceptors (Lipinski definition) is 4. The molecule has 0 aliphatic carbocycles. The van der Waals surface area contributed by atoms with Gasteiger partial charge in [0.25, 0.3) is 15.9 Å². The number of carbonyl (C=O) groups is 2. The van der Waals surface area contributed by atoms with Gasteiger partial charge in [0, 0.05) is 30.9 Å². The molecule has 2 amide bonds. The van der Waals surface area contributed by atoms with Crippen LogP contribution in [0, 0.1) is 6.92 Å². The largest absolute Gasteiger partial charge is 0.355 e. The highest BCUT2D eigenvalue weighted by molar-refractivity contribution is 7.92. The summed E-state index contributed by atoms with van der Waals surface area (Å²) in [6.45, 7) is 3.12. The van der Waals surface area contributed by atoms with Gasteiger partial charge in [0.05, 0.1) is 4.90 Å². The van der Waals surface area contributed by atoms with Crippen LogP contribution in [-0.4, -0.2) is 27.3 Å². The van der Waals surface area contributed by atoms with Crippen LogP contribution in [0.1, 0.15) is 22.8 Å². The monoisotopic (exact) mass is 361 g/mol. The zero-order valence-corrected chi connectivity index (χ0v) is 14.9. The summed E-state index contributed by atoms with van der Waals surface area (Å²) in [7, 11) is -2.36. The van der Waals surface area contributed by atoms with Gasteiger partial charge in [0.15, 0.2) is 0 Å². The van der Waals surface area contributed by atoms with Gasteiger partial charge in [-0.3, -0.25) is 14.3 Å². The fraction of sp³-hybridized carbons (Fsp3) is 0.176. The van der Waals surface area contributed by atoms with Gasteiger partial charge in [0.1, 0.15) is 0 Å². The molecule has 0 aliphatic heterocycles. The molecular weight excluding hydrogens is 342 g/mol. The fourth-order valence-electron chi connectivity index (χ4n) is 2.19. The van der Waals surface area contributed by atoms with Crippen molar-refractivity contribution in [3.63, 3.8) is 0 Å². The van der Waals surface area contributed by atoms with Crippen molar-refractivity contribution in [1.82, 2.24) is 5.32 Å². The fourth-order valence-corrected chi connectivity index (χ4v) is 3.27. The van der Waals surface area contributed by atoms with Crippen LogP contribution in [-0.2, 0) is 14.8 Å². The van der Waals surface area contributed by atoms with Crippen molar-refractivity contribution in [3.05, 3.63) is 53.6 Å². The van der Waals surface area contributed by atoms with Crippen LogP contribution in [0.5, 0.6) is 0 Å². The number of anilines is 2. The lowest BCUT2D eigenvalue weighted by Gasteiger charge is -2.11. The Morgan fingerprint density at radius 2 is 1.56 bits per heavy atom. The smallest absolute Gasteiger partial charge is 0.261 e. The molecule has 8 heteroatoms. The van der Waals surface area contributed by atoms with E-state index in [1.807, 2.05) is 0 Å². The van der Waals surface area contributed by atoms with E-state index in [0.717, 1.165) is 0 Å². The summed E-state index contributed by atoms with van der Waals surface area (Å²) in [6.07, 6.45) is 0. The predicted octanol–water partition coefficient (Wildman–Crippen LogP) is 2.11. The van der Waals surface area contributed by atoms with E-state index in [0.29, 0.717) is 22.5 Å². The predicted molar refractivity (Wildman–Crippen MR) is 96.1 cm³/mol. The summed E-state index contributed by atoms with van der Waals surface area (Å²) < 4.78 is 27.5. The molecule has 7 nitrogen and oxygen atoms in total. The van der Waals surface area contributed by atoms with E-state index in [2.05, 4.69) is 15.4 Å². The molecule has 0 fully saturated rings. The van der Waals surface area contributed by atoms with Gasteiger partial charge in [0.2, 0.25) is 5.91 Å². The average Bonchev–Trinajstić information content (AvgIpc) is 2.55. The summed E-state index contributed by atoms with van der Waals surface area (Å²) in [4.78, 5) is 22.8. The van der Waals surface area contributed by atoms with Crippen LogP contribution in [0.4, 0.5) is 11.4 Å². The first-order valence-electron chi connectivity index (χ1n) is 7.46. The average molecular weight is 361 g/mol. The SMILES string of the molecule is CNC(=O)c1cc(S(=O)(=O)Nc2ccc(NC(C)=O)cc2)ccc1C. The summed E-state index contributed by atoms with van der Waals surface area (Å²) in [6, 6.07) is 10.6. The molecule has 25 heavy (non-hydrogen) atoms. The van der Waals surface area contributed by atoms with Crippen LogP contribution >= 0.6 is 0 Å². The molecule has 0 aromatic heterocycles. The topological polar surface area (TPSA) is 104 Å². The summed E-state index contributed by atoms with van der Waals surface area (Å²) in [5.41, 5.74) is 1.88. The molecule has 0 spiro atoms. The Kier molecular flexibility index (Phi) is 5.43. The first-order chi connectivity index (χ1) is 11.7. The summed E-state index contributed by atoms with van der Waals surface area (Å²) in [5, 5.41) is 5.08. The number of aryl methyl sites for hydroxylation is 1. The van der Waals surface area contributed by atoms with E-state index >= 15 is 0 Å². The van der Waals surface area contributed by atoms with Crippen molar-refractivity contribution >= 4 is 33.2 Å². The zero-order chi connectivity index (χ0) is 18.6. The maximum absolute atomic E-state index is 12.5. The van der Waals surface area contributed by atoms with Crippen molar-refractivity contribution in [2.24, 2.45) is 0 Å². The Morgan fingerprint density at radius 3 is 2.12 bits per heavy atom. The Bertz CT molecular complexity index is 906. The molecule has 2 rings (SSSR count). The standard InChI is InChI=1S/C17H19N3O4S/c1-11-4-9-15(10-16(11)17(22)18-3)25(23,24)20-14-7-5-13(6-8-14)19-12(2)21/h4-10,20H,1-3H3,(H,18,22)(H,19,21). The second kappa shape index (κ2) is 7.35. The van der Waals surface area contributed by atoms with E-state index in [-0.39, 0.29) is 16.7 Å². The number of amides is 2. The van der Waals surface area contributed by atoms with Gasteiger partial charge in [-0.1, -0.05) is 6.07 Å². The third kappa shape index (κ3) is 4.57. The van der Waals surface area contributed by atoms with Crippen molar-refractivity contribution in [1.29, 1.82) is 0 Å². The maximum atomic E-state index is 12.5. The van der Waals surface area contributed by atoms with Crippen molar-refractivity contribution < 1.29 is 18.0 Å². The molecule has 0 unspecified atom stereocenters. The summed E-state index contributed by atoms with van der Waals surface area (Å²) >= 11 is 0. The second-order valence-electron chi connectivity index (χ2n) is 5.42. The number of rotatable bonds is 5.